The van der Waals surface area contributed by atoms with Crippen LogP contribution in [-0.2, 0) is 0 Å². The first-order chi connectivity index (χ1) is 18.1. The predicted molar refractivity (Wildman–Crippen MR) is 151 cm³/mol. The zero-order valence-electron chi connectivity index (χ0n) is 22.6. The summed E-state index contributed by atoms with van der Waals surface area (Å²) in [4.78, 5) is 37.2. The lowest BCUT2D eigenvalue weighted by Crippen LogP contribution is -2.46. The molecule has 2 saturated heterocycles. The number of carbonyl (C=O) groups is 2. The number of primary amides is 1. The standard InChI is InChI=1S/C29H37N7O2/c1-18-9-19(2)11-25(10-18)34-21(4)33-14-24-16-35(17-26(24)30)15-22-6-8-36(20(3)12-22)29(38)23-5-7-32-27(13-23)28(31)37/h5,7,9-11,13-14,20,22,30H,6,8,12,15-17H2,1-4H3,(H2,31,37)(H,33,34)/b24-14-,30-26?/t20-,22-/m1/s1. The Morgan fingerprint density at radius 2 is 1.95 bits per heavy atom. The van der Waals surface area contributed by atoms with E-state index >= 15 is 0 Å². The highest BCUT2D eigenvalue weighted by molar-refractivity contribution is 6.02. The largest absolute Gasteiger partial charge is 0.364 e. The fourth-order valence-electron chi connectivity index (χ4n) is 5.39. The van der Waals surface area contributed by atoms with E-state index in [2.05, 4.69) is 59.2 Å². The fourth-order valence-corrected chi connectivity index (χ4v) is 5.39. The molecule has 2 fully saturated rings. The van der Waals surface area contributed by atoms with Crippen LogP contribution in [0.3, 0.4) is 0 Å². The average Bonchev–Trinajstić information content (AvgIpc) is 3.20. The molecule has 9 heteroatoms. The Morgan fingerprint density at radius 1 is 1.21 bits per heavy atom. The number of amides is 2. The molecule has 2 aromatic rings. The first-order valence-electron chi connectivity index (χ1n) is 13.0. The Balaban J connectivity index is 1.31. The van der Waals surface area contributed by atoms with E-state index in [0.29, 0.717) is 36.8 Å². The molecule has 0 saturated carbocycles. The Labute approximate surface area is 224 Å². The molecule has 9 nitrogen and oxygen atoms in total. The van der Waals surface area contributed by atoms with Gasteiger partial charge in [-0.25, -0.2) is 4.99 Å². The summed E-state index contributed by atoms with van der Waals surface area (Å²) in [6.07, 6.45) is 5.04. The zero-order valence-corrected chi connectivity index (χ0v) is 22.6. The van der Waals surface area contributed by atoms with E-state index in [1.165, 1.54) is 23.4 Å². The number of carbonyl (C=O) groups excluding carboxylic acids is 2. The lowest BCUT2D eigenvalue weighted by Gasteiger charge is -2.39. The summed E-state index contributed by atoms with van der Waals surface area (Å²) >= 11 is 0. The second kappa shape index (κ2) is 11.7. The van der Waals surface area contributed by atoms with Gasteiger partial charge in [0.05, 0.1) is 5.71 Å². The number of pyridine rings is 1. The van der Waals surface area contributed by atoms with Crippen LogP contribution in [0.4, 0.5) is 5.69 Å². The van der Waals surface area contributed by atoms with Crippen LogP contribution in [-0.4, -0.2) is 70.4 Å². The van der Waals surface area contributed by atoms with Crippen molar-refractivity contribution in [3.63, 3.8) is 0 Å². The normalized spacial score (nSPS) is 21.7. The molecule has 1 aromatic carbocycles. The van der Waals surface area contributed by atoms with Crippen molar-refractivity contribution in [2.24, 2.45) is 16.6 Å². The third-order valence-electron chi connectivity index (χ3n) is 7.15. The quantitative estimate of drug-likeness (QED) is 0.398. The number of amidine groups is 1. The number of nitrogens with one attached hydrogen (secondary N) is 2. The molecule has 0 bridgehead atoms. The van der Waals surface area contributed by atoms with Crippen LogP contribution in [0.1, 0.15) is 58.7 Å². The van der Waals surface area contributed by atoms with Gasteiger partial charge in [-0.05, 0) is 81.8 Å². The predicted octanol–water partition coefficient (Wildman–Crippen LogP) is 3.79. The third-order valence-corrected chi connectivity index (χ3v) is 7.15. The molecule has 2 aliphatic rings. The first kappa shape index (κ1) is 27.2. The Kier molecular flexibility index (Phi) is 8.36. The lowest BCUT2D eigenvalue weighted by atomic mass is 9.90. The number of anilines is 1. The Bertz CT molecular complexity index is 1280. The first-order valence-corrected chi connectivity index (χ1v) is 13.0. The number of benzene rings is 1. The maximum absolute atomic E-state index is 13.1. The van der Waals surface area contributed by atoms with Gasteiger partial charge in [-0.1, -0.05) is 6.07 Å². The summed E-state index contributed by atoms with van der Waals surface area (Å²) in [5.74, 6) is 0.485. The molecule has 4 N–H and O–H groups in total. The molecule has 2 amide bonds. The van der Waals surface area contributed by atoms with Crippen molar-refractivity contribution in [1.82, 2.24) is 14.8 Å². The second-order valence-electron chi connectivity index (χ2n) is 10.6. The van der Waals surface area contributed by atoms with Crippen molar-refractivity contribution in [3.05, 3.63) is 70.7 Å². The number of aromatic nitrogens is 1. The summed E-state index contributed by atoms with van der Waals surface area (Å²) in [5, 5.41) is 11.8. The van der Waals surface area contributed by atoms with E-state index in [9.17, 15) is 9.59 Å². The van der Waals surface area contributed by atoms with Gasteiger partial charge < -0.3 is 21.4 Å². The zero-order chi connectivity index (χ0) is 27.4. The van der Waals surface area contributed by atoms with Crippen molar-refractivity contribution in [2.45, 2.75) is 46.6 Å². The number of hydrogen-bond acceptors (Lipinski definition) is 6. The van der Waals surface area contributed by atoms with Gasteiger partial charge in [0.1, 0.15) is 11.5 Å². The number of aryl methyl sites for hydroxylation is 2. The highest BCUT2D eigenvalue weighted by Gasteiger charge is 2.32. The van der Waals surface area contributed by atoms with Gasteiger partial charge >= 0.3 is 0 Å². The monoisotopic (exact) mass is 515 g/mol. The number of likely N-dealkylation sites (tertiary alicyclic amines) is 2. The van der Waals surface area contributed by atoms with E-state index in [0.717, 1.165) is 36.5 Å². The molecule has 3 heterocycles. The van der Waals surface area contributed by atoms with Gasteiger partial charge in [0.2, 0.25) is 0 Å². The van der Waals surface area contributed by atoms with Gasteiger partial charge in [-0.3, -0.25) is 19.5 Å². The number of aliphatic imine (C=N–C) groups is 1. The third kappa shape index (κ3) is 6.72. The van der Waals surface area contributed by atoms with Crippen molar-refractivity contribution < 1.29 is 9.59 Å². The van der Waals surface area contributed by atoms with E-state index in [-0.39, 0.29) is 17.6 Å². The van der Waals surface area contributed by atoms with E-state index in [1.807, 2.05) is 18.0 Å². The van der Waals surface area contributed by atoms with Crippen LogP contribution >= 0.6 is 0 Å². The molecule has 4 rings (SSSR count). The van der Waals surface area contributed by atoms with Crippen molar-refractivity contribution in [1.29, 1.82) is 5.41 Å². The lowest BCUT2D eigenvalue weighted by molar-refractivity contribution is 0.0551. The molecule has 0 spiro atoms. The molecule has 2 aliphatic heterocycles. The Hall–Kier alpha value is -3.85. The maximum Gasteiger partial charge on any atom is 0.267 e. The number of rotatable bonds is 6. The van der Waals surface area contributed by atoms with Gasteiger partial charge in [0.25, 0.3) is 11.8 Å². The smallest absolute Gasteiger partial charge is 0.267 e. The number of hydrogen-bond donors (Lipinski definition) is 3. The topological polar surface area (TPSA) is 128 Å². The molecule has 2 atom stereocenters. The van der Waals surface area contributed by atoms with Crippen LogP contribution in [0.5, 0.6) is 0 Å². The van der Waals surface area contributed by atoms with E-state index < -0.39 is 5.91 Å². The maximum atomic E-state index is 13.1. The molecular formula is C29H37N7O2. The Morgan fingerprint density at radius 3 is 2.63 bits per heavy atom. The van der Waals surface area contributed by atoms with Crippen LogP contribution in [0.25, 0.3) is 0 Å². The van der Waals surface area contributed by atoms with Gasteiger partial charge in [-0.2, -0.15) is 0 Å². The average molecular weight is 516 g/mol. The number of piperidine rings is 1. The van der Waals surface area contributed by atoms with Crippen LogP contribution < -0.4 is 11.1 Å². The van der Waals surface area contributed by atoms with Crippen LogP contribution in [0.2, 0.25) is 0 Å². The minimum Gasteiger partial charge on any atom is -0.364 e. The highest BCUT2D eigenvalue weighted by atomic mass is 16.2. The summed E-state index contributed by atoms with van der Waals surface area (Å²) in [6.45, 7) is 11.0. The molecule has 200 valence electrons. The van der Waals surface area contributed by atoms with Gasteiger partial charge in [0, 0.05) is 61.4 Å². The molecule has 38 heavy (non-hydrogen) atoms. The molecule has 0 unspecified atom stereocenters. The van der Waals surface area contributed by atoms with Gasteiger partial charge in [-0.15, -0.1) is 0 Å². The summed E-state index contributed by atoms with van der Waals surface area (Å²) in [7, 11) is 0. The van der Waals surface area contributed by atoms with E-state index in [1.54, 1.807) is 6.07 Å². The SMILES string of the molecule is C/C(=N\C=C1\CN(C[C@@H]2CCN(C(=O)c3ccnc(C(N)=O)c3)[C@H](C)C2)CC1=N)Nc1cc(C)cc(C)c1. The molecule has 1 aromatic heterocycles. The molecule has 0 radical (unpaired) electrons. The molecule has 0 aliphatic carbocycles. The summed E-state index contributed by atoms with van der Waals surface area (Å²) in [5.41, 5.74) is 10.8. The van der Waals surface area contributed by atoms with Crippen molar-refractivity contribution in [2.75, 3.05) is 31.5 Å². The van der Waals surface area contributed by atoms with E-state index in [4.69, 9.17) is 11.1 Å². The fraction of sp³-hybridized carbons (Fsp3) is 0.414. The summed E-state index contributed by atoms with van der Waals surface area (Å²) < 4.78 is 0. The minimum absolute atomic E-state index is 0.0760. The van der Waals surface area contributed by atoms with Crippen molar-refractivity contribution in [3.8, 4) is 0 Å². The highest BCUT2D eigenvalue weighted by Crippen LogP contribution is 2.27. The number of nitrogens with two attached hydrogens (primary N) is 1. The second-order valence-corrected chi connectivity index (χ2v) is 10.6. The molecular weight excluding hydrogens is 478 g/mol. The number of nitrogens with zero attached hydrogens (tertiary/aromatic N) is 4. The minimum atomic E-state index is -0.644. The van der Waals surface area contributed by atoms with Gasteiger partial charge in [0.15, 0.2) is 0 Å². The van der Waals surface area contributed by atoms with Crippen LogP contribution in [0.15, 0.2) is 53.3 Å². The summed E-state index contributed by atoms with van der Waals surface area (Å²) in [6, 6.07) is 9.49. The van der Waals surface area contributed by atoms with Crippen LogP contribution in [0, 0.1) is 25.2 Å². The van der Waals surface area contributed by atoms with Crippen molar-refractivity contribution >= 4 is 29.0 Å².